The standard InChI is InChI=1S/C28H36F2N8O4/c1-28(2,3)42-27(41)32-18-5-4-11-36(14-18)22-10-12-37-25(34-22)20(13-31-37)26(40)33-21-15-38(35-23(21)24(29)30)19-8-6-17(16-39)7-9-19/h10,12-13,15-19,24H,4-9,11,14H2,1-3H3,(H,32,41)(H,33,40)/t17?,18-,19?/m0/s1. The topological polar surface area (TPSA) is 136 Å². The number of aromatic nitrogens is 5. The number of rotatable bonds is 7. The van der Waals surface area contributed by atoms with Crippen LogP contribution in [-0.4, -0.2) is 67.4 Å². The first-order valence-electron chi connectivity index (χ1n) is 14.2. The smallest absolute Gasteiger partial charge is 0.407 e. The van der Waals surface area contributed by atoms with Crippen molar-refractivity contribution in [2.24, 2.45) is 5.92 Å². The van der Waals surface area contributed by atoms with Crippen molar-refractivity contribution < 1.29 is 27.9 Å². The maximum atomic E-state index is 13.9. The molecule has 226 valence electrons. The van der Waals surface area contributed by atoms with Gasteiger partial charge in [0.2, 0.25) is 0 Å². The van der Waals surface area contributed by atoms with Gasteiger partial charge in [-0.05, 0) is 65.4 Å². The van der Waals surface area contributed by atoms with Gasteiger partial charge in [0.1, 0.15) is 23.3 Å². The minimum atomic E-state index is -2.89. The average molecular weight is 587 g/mol. The molecule has 0 spiro atoms. The van der Waals surface area contributed by atoms with E-state index in [4.69, 9.17) is 4.74 Å². The van der Waals surface area contributed by atoms with Gasteiger partial charge in [-0.15, -0.1) is 0 Å². The van der Waals surface area contributed by atoms with E-state index in [-0.39, 0.29) is 34.9 Å². The lowest BCUT2D eigenvalue weighted by molar-refractivity contribution is -0.112. The number of nitrogens with zero attached hydrogens (tertiary/aromatic N) is 6. The maximum Gasteiger partial charge on any atom is 0.407 e. The number of halogens is 2. The van der Waals surface area contributed by atoms with Crippen LogP contribution in [-0.2, 0) is 9.53 Å². The number of anilines is 2. The fourth-order valence-corrected chi connectivity index (χ4v) is 5.51. The van der Waals surface area contributed by atoms with Crippen molar-refractivity contribution in [3.05, 3.63) is 35.9 Å². The molecule has 1 aliphatic heterocycles. The molecule has 1 aliphatic carbocycles. The monoisotopic (exact) mass is 586 g/mol. The summed E-state index contributed by atoms with van der Waals surface area (Å²) in [6.07, 6.45) is 6.27. The molecule has 14 heteroatoms. The van der Waals surface area contributed by atoms with E-state index in [2.05, 4.69) is 25.8 Å². The SMILES string of the molecule is CC(C)(C)OC(=O)N[C@H]1CCCN(c2ccn3ncc(C(=O)Nc4cn(C5CCC(C=O)CC5)nc4C(F)F)c3n2)C1. The van der Waals surface area contributed by atoms with Crippen LogP contribution in [0.15, 0.2) is 24.7 Å². The van der Waals surface area contributed by atoms with Gasteiger partial charge in [-0.3, -0.25) is 9.48 Å². The maximum absolute atomic E-state index is 13.9. The predicted molar refractivity (Wildman–Crippen MR) is 150 cm³/mol. The molecule has 2 N–H and O–H groups in total. The van der Waals surface area contributed by atoms with Crippen LogP contribution in [0, 0.1) is 5.92 Å². The molecular weight excluding hydrogens is 550 g/mol. The molecule has 5 rings (SSSR count). The Morgan fingerprint density at radius 2 is 1.93 bits per heavy atom. The quantitative estimate of drug-likeness (QED) is 0.385. The molecule has 3 aromatic heterocycles. The lowest BCUT2D eigenvalue weighted by Crippen LogP contribution is -2.49. The number of piperidine rings is 1. The number of fused-ring (bicyclic) bond motifs is 1. The summed E-state index contributed by atoms with van der Waals surface area (Å²) in [7, 11) is 0. The van der Waals surface area contributed by atoms with E-state index in [1.165, 1.54) is 21.6 Å². The lowest BCUT2D eigenvalue weighted by Gasteiger charge is -2.34. The van der Waals surface area contributed by atoms with Gasteiger partial charge in [-0.25, -0.2) is 23.1 Å². The second-order valence-corrected chi connectivity index (χ2v) is 11.9. The van der Waals surface area contributed by atoms with Crippen molar-refractivity contribution in [3.8, 4) is 0 Å². The molecular formula is C28H36F2N8O4. The van der Waals surface area contributed by atoms with Crippen molar-refractivity contribution in [2.75, 3.05) is 23.3 Å². The average Bonchev–Trinajstić information content (AvgIpc) is 3.56. The van der Waals surface area contributed by atoms with Crippen molar-refractivity contribution in [3.63, 3.8) is 0 Å². The van der Waals surface area contributed by atoms with Crippen LogP contribution in [0.25, 0.3) is 5.65 Å². The van der Waals surface area contributed by atoms with Gasteiger partial charge >= 0.3 is 6.09 Å². The number of carbonyl (C=O) groups is 3. The van der Waals surface area contributed by atoms with Gasteiger partial charge in [0, 0.05) is 37.4 Å². The molecule has 0 unspecified atom stereocenters. The van der Waals surface area contributed by atoms with Crippen LogP contribution < -0.4 is 15.5 Å². The second kappa shape index (κ2) is 12.0. The van der Waals surface area contributed by atoms with Crippen molar-refractivity contribution in [2.45, 2.75) is 83.4 Å². The Morgan fingerprint density at radius 3 is 2.62 bits per heavy atom. The molecule has 0 radical (unpaired) electrons. The Hall–Kier alpha value is -4.10. The van der Waals surface area contributed by atoms with Gasteiger partial charge in [0.05, 0.1) is 17.9 Å². The summed E-state index contributed by atoms with van der Waals surface area (Å²) in [5.41, 5.74) is -0.796. The van der Waals surface area contributed by atoms with Crippen molar-refractivity contribution >= 4 is 35.4 Å². The number of amides is 2. The summed E-state index contributed by atoms with van der Waals surface area (Å²) in [6, 6.07) is 1.51. The van der Waals surface area contributed by atoms with Gasteiger partial charge in [-0.2, -0.15) is 10.2 Å². The fraction of sp³-hybridized carbons (Fsp3) is 0.571. The number of nitrogens with one attached hydrogen (secondary N) is 2. The van der Waals surface area contributed by atoms with Crippen LogP contribution in [0.5, 0.6) is 0 Å². The van der Waals surface area contributed by atoms with Gasteiger partial charge in [0.25, 0.3) is 12.3 Å². The first-order valence-corrected chi connectivity index (χ1v) is 14.2. The Kier molecular flexibility index (Phi) is 8.41. The summed E-state index contributed by atoms with van der Waals surface area (Å²) in [6.45, 7) is 6.63. The predicted octanol–water partition coefficient (Wildman–Crippen LogP) is 4.54. The van der Waals surface area contributed by atoms with Gasteiger partial charge < -0.3 is 25.1 Å². The van der Waals surface area contributed by atoms with Crippen LogP contribution in [0.4, 0.5) is 25.1 Å². The first-order chi connectivity index (χ1) is 20.0. The van der Waals surface area contributed by atoms with Crippen LogP contribution in [0.3, 0.4) is 0 Å². The zero-order valence-electron chi connectivity index (χ0n) is 23.9. The van der Waals surface area contributed by atoms with Crippen molar-refractivity contribution in [1.82, 2.24) is 29.7 Å². The Labute approximate surface area is 241 Å². The highest BCUT2D eigenvalue weighted by Crippen LogP contribution is 2.34. The number of alkyl halides is 2. The molecule has 2 aliphatic rings. The first kappa shape index (κ1) is 29.4. The lowest BCUT2D eigenvalue weighted by atomic mass is 9.87. The zero-order valence-corrected chi connectivity index (χ0v) is 23.9. The fourth-order valence-electron chi connectivity index (χ4n) is 5.51. The van der Waals surface area contributed by atoms with Gasteiger partial charge in [0.15, 0.2) is 11.3 Å². The summed E-state index contributed by atoms with van der Waals surface area (Å²) >= 11 is 0. The highest BCUT2D eigenvalue weighted by Gasteiger charge is 2.28. The van der Waals surface area contributed by atoms with E-state index in [1.54, 1.807) is 33.0 Å². The summed E-state index contributed by atoms with van der Waals surface area (Å²) < 4.78 is 36.1. The Bertz CT molecular complexity index is 1440. The van der Waals surface area contributed by atoms with Crippen LogP contribution >= 0.6 is 0 Å². The van der Waals surface area contributed by atoms with Crippen LogP contribution in [0.2, 0.25) is 0 Å². The Morgan fingerprint density at radius 1 is 1.17 bits per heavy atom. The Balaban J connectivity index is 1.31. The van der Waals surface area contributed by atoms with E-state index in [9.17, 15) is 23.2 Å². The number of hydrogen-bond acceptors (Lipinski definition) is 8. The number of alkyl carbamates (subject to hydrolysis) is 1. The summed E-state index contributed by atoms with van der Waals surface area (Å²) in [5, 5.41) is 13.8. The minimum Gasteiger partial charge on any atom is -0.444 e. The molecule has 12 nitrogen and oxygen atoms in total. The molecule has 1 saturated heterocycles. The third-order valence-electron chi connectivity index (χ3n) is 7.59. The van der Waals surface area contributed by atoms with E-state index in [1.807, 2.05) is 4.90 Å². The van der Waals surface area contributed by atoms with Crippen LogP contribution in [0.1, 0.15) is 87.8 Å². The molecule has 2 amide bonds. The summed E-state index contributed by atoms with van der Waals surface area (Å²) in [5.74, 6) is -0.0562. The molecule has 3 aromatic rings. The van der Waals surface area contributed by atoms with E-state index in [0.717, 1.165) is 19.1 Å². The number of carbonyl (C=O) groups excluding carboxylic acids is 3. The van der Waals surface area contributed by atoms with E-state index < -0.39 is 29.7 Å². The summed E-state index contributed by atoms with van der Waals surface area (Å²) in [4.78, 5) is 43.3. The highest BCUT2D eigenvalue weighted by atomic mass is 19.3. The molecule has 0 bridgehead atoms. The van der Waals surface area contributed by atoms with Crippen molar-refractivity contribution in [1.29, 1.82) is 0 Å². The highest BCUT2D eigenvalue weighted by molar-refractivity contribution is 6.08. The molecule has 1 atom stereocenters. The normalized spacial score (nSPS) is 21.4. The van der Waals surface area contributed by atoms with E-state index in [0.29, 0.717) is 44.6 Å². The van der Waals surface area contributed by atoms with Gasteiger partial charge in [-0.1, -0.05) is 0 Å². The molecule has 2 fully saturated rings. The minimum absolute atomic E-state index is 0.0179. The molecule has 42 heavy (non-hydrogen) atoms. The third kappa shape index (κ3) is 6.68. The van der Waals surface area contributed by atoms with E-state index >= 15 is 0 Å². The molecule has 4 heterocycles. The molecule has 1 saturated carbocycles. The molecule has 0 aromatic carbocycles. The zero-order chi connectivity index (χ0) is 30.0. The number of hydrogen-bond donors (Lipinski definition) is 2. The largest absolute Gasteiger partial charge is 0.444 e. The second-order valence-electron chi connectivity index (χ2n) is 11.9. The number of aldehydes is 1. The third-order valence-corrected chi connectivity index (χ3v) is 7.59. The number of ether oxygens (including phenoxy) is 1.